The maximum Gasteiger partial charge on any atom is 0.0611 e. The summed E-state index contributed by atoms with van der Waals surface area (Å²) in [5.41, 5.74) is 5.87. The maximum atomic E-state index is 9.36. The minimum atomic E-state index is -0.326. The number of hydrogen-bond donors (Lipinski definition) is 2. The summed E-state index contributed by atoms with van der Waals surface area (Å²) in [5, 5.41) is 9.36. The van der Waals surface area contributed by atoms with Crippen molar-refractivity contribution in [3.05, 3.63) is 0 Å². The molecule has 1 saturated carbocycles. The molecule has 0 aromatic rings. The smallest absolute Gasteiger partial charge is 0.0611 e. The van der Waals surface area contributed by atoms with Crippen molar-refractivity contribution >= 4 is 0 Å². The monoisotopic (exact) mass is 228 g/mol. The molecule has 0 aliphatic heterocycles. The van der Waals surface area contributed by atoms with Crippen LogP contribution in [-0.4, -0.2) is 41.3 Å². The standard InChI is InChI=1S/C13H28N2O/c1-4-15(9-11(2)3)12-6-5-7-13(14,8-12)10-16/h11-12,16H,4-10,14H2,1-3H3. The molecule has 0 aromatic carbocycles. The third kappa shape index (κ3) is 3.72. The minimum absolute atomic E-state index is 0.128. The summed E-state index contributed by atoms with van der Waals surface area (Å²) in [5.74, 6) is 0.697. The molecule has 16 heavy (non-hydrogen) atoms. The molecule has 3 nitrogen and oxygen atoms in total. The molecule has 2 unspecified atom stereocenters. The van der Waals surface area contributed by atoms with Crippen molar-refractivity contribution in [3.8, 4) is 0 Å². The predicted octanol–water partition coefficient (Wildman–Crippen LogP) is 1.60. The highest BCUT2D eigenvalue weighted by molar-refractivity contribution is 4.93. The lowest BCUT2D eigenvalue weighted by atomic mass is 9.79. The van der Waals surface area contributed by atoms with Crippen molar-refractivity contribution in [2.75, 3.05) is 19.7 Å². The zero-order valence-corrected chi connectivity index (χ0v) is 11.1. The first-order valence-corrected chi connectivity index (χ1v) is 6.64. The summed E-state index contributed by atoms with van der Waals surface area (Å²) >= 11 is 0. The van der Waals surface area contributed by atoms with Crippen LogP contribution < -0.4 is 5.73 Å². The minimum Gasteiger partial charge on any atom is -0.394 e. The average molecular weight is 228 g/mol. The van der Waals surface area contributed by atoms with Gasteiger partial charge in [-0.2, -0.15) is 0 Å². The second-order valence-corrected chi connectivity index (χ2v) is 5.75. The molecular weight excluding hydrogens is 200 g/mol. The van der Waals surface area contributed by atoms with Gasteiger partial charge in [-0.05, 0) is 38.1 Å². The van der Waals surface area contributed by atoms with Crippen LogP contribution in [0.3, 0.4) is 0 Å². The van der Waals surface area contributed by atoms with Crippen molar-refractivity contribution in [1.29, 1.82) is 0 Å². The Labute approximate surface area is 100 Å². The van der Waals surface area contributed by atoms with Crippen molar-refractivity contribution in [2.45, 2.75) is 58.0 Å². The van der Waals surface area contributed by atoms with Crippen LogP contribution in [0.15, 0.2) is 0 Å². The van der Waals surface area contributed by atoms with Gasteiger partial charge in [0, 0.05) is 18.1 Å². The van der Waals surface area contributed by atoms with Gasteiger partial charge in [0.05, 0.1) is 6.61 Å². The summed E-state index contributed by atoms with van der Waals surface area (Å²) < 4.78 is 0. The second-order valence-electron chi connectivity index (χ2n) is 5.75. The van der Waals surface area contributed by atoms with E-state index in [4.69, 9.17) is 5.73 Å². The van der Waals surface area contributed by atoms with Gasteiger partial charge in [0.25, 0.3) is 0 Å². The molecule has 0 radical (unpaired) electrons. The SMILES string of the molecule is CCN(CC(C)C)C1CCCC(N)(CO)C1. The Morgan fingerprint density at radius 2 is 2.19 bits per heavy atom. The fourth-order valence-electron chi connectivity index (χ4n) is 2.82. The van der Waals surface area contributed by atoms with E-state index in [1.807, 2.05) is 0 Å². The van der Waals surface area contributed by atoms with E-state index in [0.717, 1.165) is 32.4 Å². The lowest BCUT2D eigenvalue weighted by Crippen LogP contribution is -2.53. The molecule has 96 valence electrons. The fourth-order valence-corrected chi connectivity index (χ4v) is 2.82. The highest BCUT2D eigenvalue weighted by Crippen LogP contribution is 2.29. The molecule has 0 bridgehead atoms. The van der Waals surface area contributed by atoms with Gasteiger partial charge in [-0.3, -0.25) is 0 Å². The van der Waals surface area contributed by atoms with Crippen LogP contribution in [0, 0.1) is 5.92 Å². The Morgan fingerprint density at radius 3 is 2.69 bits per heavy atom. The topological polar surface area (TPSA) is 49.5 Å². The summed E-state index contributed by atoms with van der Waals surface area (Å²) in [6.07, 6.45) is 4.30. The summed E-state index contributed by atoms with van der Waals surface area (Å²) in [4.78, 5) is 2.53. The molecule has 3 heteroatoms. The van der Waals surface area contributed by atoms with E-state index in [0.29, 0.717) is 12.0 Å². The summed E-state index contributed by atoms with van der Waals surface area (Å²) in [6.45, 7) is 9.09. The average Bonchev–Trinajstić information content (AvgIpc) is 2.25. The van der Waals surface area contributed by atoms with Gasteiger partial charge in [0.15, 0.2) is 0 Å². The maximum absolute atomic E-state index is 9.36. The lowest BCUT2D eigenvalue weighted by molar-refractivity contribution is 0.0774. The van der Waals surface area contributed by atoms with E-state index < -0.39 is 0 Å². The van der Waals surface area contributed by atoms with E-state index in [-0.39, 0.29) is 12.1 Å². The number of rotatable bonds is 5. The third-order valence-corrected chi connectivity index (χ3v) is 3.69. The zero-order chi connectivity index (χ0) is 12.2. The summed E-state index contributed by atoms with van der Waals surface area (Å²) in [7, 11) is 0. The molecule has 1 rings (SSSR count). The van der Waals surface area contributed by atoms with E-state index in [9.17, 15) is 5.11 Å². The predicted molar refractivity (Wildman–Crippen MR) is 68.3 cm³/mol. The van der Waals surface area contributed by atoms with Gasteiger partial charge in [-0.25, -0.2) is 0 Å². The van der Waals surface area contributed by atoms with Crippen LogP contribution in [0.2, 0.25) is 0 Å². The number of nitrogens with two attached hydrogens (primary N) is 1. The van der Waals surface area contributed by atoms with Gasteiger partial charge in [-0.15, -0.1) is 0 Å². The molecule has 1 aliphatic carbocycles. The van der Waals surface area contributed by atoms with Crippen molar-refractivity contribution < 1.29 is 5.11 Å². The Morgan fingerprint density at radius 1 is 1.50 bits per heavy atom. The molecule has 2 atom stereocenters. The van der Waals surface area contributed by atoms with Crippen LogP contribution in [0.5, 0.6) is 0 Å². The molecule has 0 heterocycles. The number of nitrogens with zero attached hydrogens (tertiary/aromatic N) is 1. The Balaban J connectivity index is 2.57. The van der Waals surface area contributed by atoms with Crippen molar-refractivity contribution in [2.24, 2.45) is 11.7 Å². The number of hydrogen-bond acceptors (Lipinski definition) is 3. The van der Waals surface area contributed by atoms with Crippen LogP contribution in [0.4, 0.5) is 0 Å². The fraction of sp³-hybridized carbons (Fsp3) is 1.00. The zero-order valence-electron chi connectivity index (χ0n) is 11.1. The van der Waals surface area contributed by atoms with Crippen LogP contribution in [-0.2, 0) is 0 Å². The Bertz CT molecular complexity index is 208. The van der Waals surface area contributed by atoms with Gasteiger partial charge in [-0.1, -0.05) is 20.8 Å². The van der Waals surface area contributed by atoms with E-state index in [1.54, 1.807) is 0 Å². The largest absolute Gasteiger partial charge is 0.394 e. The molecule has 0 aromatic heterocycles. The first kappa shape index (κ1) is 13.9. The number of aliphatic hydroxyl groups excluding tert-OH is 1. The van der Waals surface area contributed by atoms with E-state index >= 15 is 0 Å². The molecule has 1 aliphatic rings. The van der Waals surface area contributed by atoms with Crippen LogP contribution >= 0.6 is 0 Å². The van der Waals surface area contributed by atoms with Crippen molar-refractivity contribution in [1.82, 2.24) is 4.90 Å². The van der Waals surface area contributed by atoms with Gasteiger partial charge in [0.1, 0.15) is 0 Å². The first-order valence-electron chi connectivity index (χ1n) is 6.64. The van der Waals surface area contributed by atoms with Gasteiger partial charge < -0.3 is 15.7 Å². The molecule has 1 fully saturated rings. The third-order valence-electron chi connectivity index (χ3n) is 3.69. The van der Waals surface area contributed by atoms with Gasteiger partial charge >= 0.3 is 0 Å². The Hall–Kier alpha value is -0.120. The normalized spacial score (nSPS) is 31.3. The first-order chi connectivity index (χ1) is 7.50. The van der Waals surface area contributed by atoms with E-state index in [2.05, 4.69) is 25.7 Å². The van der Waals surface area contributed by atoms with E-state index in [1.165, 1.54) is 6.42 Å². The Kier molecular flexibility index (Phi) is 5.22. The number of aliphatic hydroxyl groups is 1. The molecule has 0 saturated heterocycles. The van der Waals surface area contributed by atoms with Gasteiger partial charge in [0.2, 0.25) is 0 Å². The summed E-state index contributed by atoms with van der Waals surface area (Å²) in [6, 6.07) is 0.568. The quantitative estimate of drug-likeness (QED) is 0.751. The van der Waals surface area contributed by atoms with Crippen LogP contribution in [0.25, 0.3) is 0 Å². The molecular formula is C13H28N2O. The lowest BCUT2D eigenvalue weighted by Gasteiger charge is -2.42. The highest BCUT2D eigenvalue weighted by Gasteiger charge is 2.34. The highest BCUT2D eigenvalue weighted by atomic mass is 16.3. The molecule has 3 N–H and O–H groups in total. The molecule has 0 amide bonds. The van der Waals surface area contributed by atoms with Crippen molar-refractivity contribution in [3.63, 3.8) is 0 Å². The second kappa shape index (κ2) is 5.99. The molecule has 0 spiro atoms. The van der Waals surface area contributed by atoms with Crippen LogP contribution in [0.1, 0.15) is 46.5 Å².